The van der Waals surface area contributed by atoms with Gasteiger partial charge < -0.3 is 5.32 Å². The molecule has 1 aromatic heterocycles. The summed E-state index contributed by atoms with van der Waals surface area (Å²) in [6.07, 6.45) is 3.78. The van der Waals surface area contributed by atoms with Crippen LogP contribution in [0, 0.1) is 0 Å². The highest BCUT2D eigenvalue weighted by Crippen LogP contribution is 2.32. The highest BCUT2D eigenvalue weighted by molar-refractivity contribution is 6.31. The molecule has 106 valence electrons. The zero-order chi connectivity index (χ0) is 14.8. The first kappa shape index (κ1) is 14.1. The van der Waals surface area contributed by atoms with E-state index in [1.807, 2.05) is 37.6 Å². The van der Waals surface area contributed by atoms with Gasteiger partial charge in [-0.1, -0.05) is 48.0 Å². The zero-order valence-corrected chi connectivity index (χ0v) is 12.9. The molecular formula is C18H17ClN2. The van der Waals surface area contributed by atoms with Crippen molar-refractivity contribution in [3.63, 3.8) is 0 Å². The number of fused-ring (bicyclic) bond motifs is 1. The first-order valence-electron chi connectivity index (χ1n) is 7.00. The fraction of sp³-hybridized carbons (Fsp3) is 0.167. The summed E-state index contributed by atoms with van der Waals surface area (Å²) in [5, 5.41) is 6.32. The molecule has 1 N–H and O–H groups in total. The van der Waals surface area contributed by atoms with Gasteiger partial charge in [0.2, 0.25) is 0 Å². The van der Waals surface area contributed by atoms with E-state index in [0.717, 1.165) is 27.1 Å². The summed E-state index contributed by atoms with van der Waals surface area (Å²) in [5.74, 6) is 0. The van der Waals surface area contributed by atoms with Gasteiger partial charge in [0.05, 0.1) is 0 Å². The third-order valence-electron chi connectivity index (χ3n) is 3.88. The van der Waals surface area contributed by atoms with Crippen LogP contribution in [0.15, 0.2) is 54.9 Å². The van der Waals surface area contributed by atoms with Crippen LogP contribution in [0.2, 0.25) is 5.02 Å². The van der Waals surface area contributed by atoms with Crippen molar-refractivity contribution in [1.29, 1.82) is 0 Å². The number of nitrogens with zero attached hydrogens (tertiary/aromatic N) is 1. The fourth-order valence-electron chi connectivity index (χ4n) is 2.55. The predicted octanol–water partition coefficient (Wildman–Crippen LogP) is 4.84. The van der Waals surface area contributed by atoms with Crippen LogP contribution in [0.4, 0.5) is 0 Å². The average molecular weight is 297 g/mol. The van der Waals surface area contributed by atoms with Gasteiger partial charge in [-0.3, -0.25) is 4.98 Å². The lowest BCUT2D eigenvalue weighted by atomic mass is 9.98. The highest BCUT2D eigenvalue weighted by Gasteiger charge is 2.10. The molecule has 1 heterocycles. The van der Waals surface area contributed by atoms with E-state index in [1.165, 1.54) is 5.39 Å². The molecule has 0 fully saturated rings. The van der Waals surface area contributed by atoms with Crippen LogP contribution in [-0.4, -0.2) is 12.0 Å². The van der Waals surface area contributed by atoms with Crippen LogP contribution < -0.4 is 5.32 Å². The summed E-state index contributed by atoms with van der Waals surface area (Å²) in [5.41, 5.74) is 3.31. The summed E-state index contributed by atoms with van der Waals surface area (Å²) in [7, 11) is 1.93. The first-order chi connectivity index (χ1) is 10.2. The summed E-state index contributed by atoms with van der Waals surface area (Å²) in [6, 6.07) is 14.7. The molecule has 0 saturated heterocycles. The van der Waals surface area contributed by atoms with Gasteiger partial charge in [0.25, 0.3) is 0 Å². The Hall–Kier alpha value is -1.90. The van der Waals surface area contributed by atoms with Gasteiger partial charge in [-0.15, -0.1) is 0 Å². The summed E-state index contributed by atoms with van der Waals surface area (Å²) >= 11 is 6.44. The van der Waals surface area contributed by atoms with Crippen molar-refractivity contribution in [2.75, 3.05) is 7.05 Å². The van der Waals surface area contributed by atoms with Crippen LogP contribution in [-0.2, 0) is 0 Å². The van der Waals surface area contributed by atoms with Crippen LogP contribution in [0.1, 0.15) is 18.5 Å². The summed E-state index contributed by atoms with van der Waals surface area (Å²) < 4.78 is 0. The minimum Gasteiger partial charge on any atom is -0.313 e. The Morgan fingerprint density at radius 2 is 1.90 bits per heavy atom. The van der Waals surface area contributed by atoms with Gasteiger partial charge in [0, 0.05) is 34.4 Å². The molecule has 0 aliphatic rings. The smallest absolute Gasteiger partial charge is 0.0459 e. The van der Waals surface area contributed by atoms with Gasteiger partial charge >= 0.3 is 0 Å². The lowest BCUT2D eigenvalue weighted by Crippen LogP contribution is -2.12. The van der Waals surface area contributed by atoms with Crippen molar-refractivity contribution in [3.05, 3.63) is 65.4 Å². The van der Waals surface area contributed by atoms with Crippen LogP contribution in [0.25, 0.3) is 21.9 Å². The lowest BCUT2D eigenvalue weighted by molar-refractivity contribution is 0.652. The van der Waals surface area contributed by atoms with Crippen molar-refractivity contribution in [3.8, 4) is 11.1 Å². The second-order valence-electron chi connectivity index (χ2n) is 5.15. The largest absolute Gasteiger partial charge is 0.313 e. The van der Waals surface area contributed by atoms with Crippen molar-refractivity contribution < 1.29 is 0 Å². The van der Waals surface area contributed by atoms with Crippen molar-refractivity contribution in [1.82, 2.24) is 10.3 Å². The SMILES string of the molecule is CNC(C)c1ccc(-c2cncc3ccccc23)cc1Cl. The molecule has 0 aliphatic heterocycles. The molecule has 0 bridgehead atoms. The number of aromatic nitrogens is 1. The molecule has 1 unspecified atom stereocenters. The number of hydrogen-bond acceptors (Lipinski definition) is 2. The van der Waals surface area contributed by atoms with Crippen molar-refractivity contribution in [2.24, 2.45) is 0 Å². The molecule has 0 spiro atoms. The molecule has 2 nitrogen and oxygen atoms in total. The molecular weight excluding hydrogens is 280 g/mol. The minimum absolute atomic E-state index is 0.234. The standard InChI is InChI=1S/C18H17ClN2/c1-12(20-2)15-8-7-13(9-18(15)19)17-11-21-10-14-5-3-4-6-16(14)17/h3-12,20H,1-2H3. The van der Waals surface area contributed by atoms with E-state index in [-0.39, 0.29) is 6.04 Å². The van der Waals surface area contributed by atoms with E-state index in [9.17, 15) is 0 Å². The monoisotopic (exact) mass is 296 g/mol. The predicted molar refractivity (Wildman–Crippen MR) is 89.7 cm³/mol. The number of nitrogens with one attached hydrogen (secondary N) is 1. The minimum atomic E-state index is 0.234. The van der Waals surface area contributed by atoms with E-state index < -0.39 is 0 Å². The fourth-order valence-corrected chi connectivity index (χ4v) is 2.89. The van der Waals surface area contributed by atoms with Crippen LogP contribution in [0.5, 0.6) is 0 Å². The second-order valence-corrected chi connectivity index (χ2v) is 5.56. The molecule has 3 heteroatoms. The highest BCUT2D eigenvalue weighted by atomic mass is 35.5. The molecule has 0 radical (unpaired) electrons. The van der Waals surface area contributed by atoms with Gasteiger partial charge in [0.15, 0.2) is 0 Å². The summed E-state index contributed by atoms with van der Waals surface area (Å²) in [6.45, 7) is 2.10. The quantitative estimate of drug-likeness (QED) is 0.748. The number of halogens is 1. The normalized spacial score (nSPS) is 12.5. The van der Waals surface area contributed by atoms with Crippen LogP contribution >= 0.6 is 11.6 Å². The zero-order valence-electron chi connectivity index (χ0n) is 12.1. The molecule has 0 saturated carbocycles. The Morgan fingerprint density at radius 1 is 1.10 bits per heavy atom. The van der Waals surface area contributed by atoms with Gasteiger partial charge in [0.1, 0.15) is 0 Å². The van der Waals surface area contributed by atoms with Crippen molar-refractivity contribution in [2.45, 2.75) is 13.0 Å². The average Bonchev–Trinajstić information content (AvgIpc) is 2.53. The second kappa shape index (κ2) is 5.84. The topological polar surface area (TPSA) is 24.9 Å². The Morgan fingerprint density at radius 3 is 2.67 bits per heavy atom. The molecule has 3 aromatic rings. The Bertz CT molecular complexity index is 778. The molecule has 3 rings (SSSR count). The molecule has 0 aliphatic carbocycles. The third kappa shape index (κ3) is 2.65. The number of rotatable bonds is 3. The number of benzene rings is 2. The maximum atomic E-state index is 6.44. The van der Waals surface area contributed by atoms with Gasteiger partial charge in [-0.25, -0.2) is 0 Å². The molecule has 21 heavy (non-hydrogen) atoms. The maximum Gasteiger partial charge on any atom is 0.0459 e. The van der Waals surface area contributed by atoms with Gasteiger partial charge in [-0.05, 0) is 36.6 Å². The Kier molecular flexibility index (Phi) is 3.91. The molecule has 2 aromatic carbocycles. The van der Waals surface area contributed by atoms with E-state index in [0.29, 0.717) is 0 Å². The number of pyridine rings is 1. The Labute approximate surface area is 129 Å². The maximum absolute atomic E-state index is 6.44. The van der Waals surface area contributed by atoms with Crippen LogP contribution in [0.3, 0.4) is 0 Å². The lowest BCUT2D eigenvalue weighted by Gasteiger charge is -2.14. The van der Waals surface area contributed by atoms with E-state index in [2.05, 4.69) is 41.5 Å². The van der Waals surface area contributed by atoms with E-state index in [4.69, 9.17) is 11.6 Å². The summed E-state index contributed by atoms with van der Waals surface area (Å²) in [4.78, 5) is 4.34. The number of hydrogen-bond donors (Lipinski definition) is 1. The Balaban J connectivity index is 2.13. The molecule has 0 amide bonds. The molecule has 1 atom stereocenters. The third-order valence-corrected chi connectivity index (χ3v) is 4.21. The van der Waals surface area contributed by atoms with Gasteiger partial charge in [-0.2, -0.15) is 0 Å². The van der Waals surface area contributed by atoms with E-state index in [1.54, 1.807) is 0 Å². The first-order valence-corrected chi connectivity index (χ1v) is 7.38. The van der Waals surface area contributed by atoms with E-state index >= 15 is 0 Å². The van der Waals surface area contributed by atoms with Crippen molar-refractivity contribution >= 4 is 22.4 Å².